The largest absolute Gasteiger partial charge is 0.508 e. The second-order valence-electron chi connectivity index (χ2n) is 1.87. The molecule has 0 heterocycles. The SMILES string of the molecule is CCOC(=O)OCCOCCO. The van der Waals surface area contributed by atoms with E-state index in [1.54, 1.807) is 6.92 Å². The van der Waals surface area contributed by atoms with E-state index in [-0.39, 0.29) is 26.4 Å². The first-order valence-electron chi connectivity index (χ1n) is 3.79. The first kappa shape index (κ1) is 11.2. The minimum absolute atomic E-state index is 0.0284. The Hall–Kier alpha value is -0.810. The van der Waals surface area contributed by atoms with Gasteiger partial charge in [-0.1, -0.05) is 0 Å². The van der Waals surface area contributed by atoms with E-state index in [4.69, 9.17) is 9.84 Å². The van der Waals surface area contributed by atoms with Gasteiger partial charge in [0.05, 0.1) is 26.4 Å². The number of aliphatic hydroxyl groups excluding tert-OH is 1. The standard InChI is InChI=1S/C7H14O5/c1-2-11-7(9)12-6-5-10-4-3-8/h8H,2-6H2,1H3. The van der Waals surface area contributed by atoms with Crippen LogP contribution in [0.5, 0.6) is 0 Å². The van der Waals surface area contributed by atoms with Gasteiger partial charge in [0.1, 0.15) is 6.61 Å². The van der Waals surface area contributed by atoms with Crippen LogP contribution < -0.4 is 0 Å². The monoisotopic (exact) mass is 178 g/mol. The first-order valence-corrected chi connectivity index (χ1v) is 3.79. The second-order valence-corrected chi connectivity index (χ2v) is 1.87. The van der Waals surface area contributed by atoms with Crippen LogP contribution in [0.2, 0.25) is 0 Å². The van der Waals surface area contributed by atoms with Gasteiger partial charge in [-0.15, -0.1) is 0 Å². The third-order valence-electron chi connectivity index (χ3n) is 0.945. The van der Waals surface area contributed by atoms with Crippen molar-refractivity contribution in [3.8, 4) is 0 Å². The Morgan fingerprint density at radius 3 is 2.58 bits per heavy atom. The lowest BCUT2D eigenvalue weighted by Crippen LogP contribution is -2.12. The van der Waals surface area contributed by atoms with Gasteiger partial charge in [0.15, 0.2) is 0 Å². The zero-order valence-corrected chi connectivity index (χ0v) is 7.12. The van der Waals surface area contributed by atoms with Crippen LogP contribution in [0.4, 0.5) is 4.79 Å². The molecule has 72 valence electrons. The van der Waals surface area contributed by atoms with Gasteiger partial charge < -0.3 is 19.3 Å². The number of hydrogen-bond donors (Lipinski definition) is 1. The van der Waals surface area contributed by atoms with Gasteiger partial charge in [0, 0.05) is 0 Å². The van der Waals surface area contributed by atoms with Crippen molar-refractivity contribution in [3.05, 3.63) is 0 Å². The van der Waals surface area contributed by atoms with Crippen molar-refractivity contribution in [2.45, 2.75) is 6.92 Å². The Kier molecular flexibility index (Phi) is 7.73. The summed E-state index contributed by atoms with van der Waals surface area (Å²) < 4.78 is 13.9. The van der Waals surface area contributed by atoms with E-state index in [0.717, 1.165) is 0 Å². The number of rotatable bonds is 6. The third-order valence-corrected chi connectivity index (χ3v) is 0.945. The molecule has 0 aliphatic carbocycles. The molecule has 5 nitrogen and oxygen atoms in total. The lowest BCUT2D eigenvalue weighted by atomic mass is 10.7. The Balaban J connectivity index is 3.03. The number of carbonyl (C=O) groups is 1. The smallest absolute Gasteiger partial charge is 0.435 e. The molecule has 0 amide bonds. The zero-order valence-electron chi connectivity index (χ0n) is 7.12. The molecular formula is C7H14O5. The number of carbonyl (C=O) groups excluding carboxylic acids is 1. The number of ether oxygens (including phenoxy) is 3. The maximum absolute atomic E-state index is 10.5. The van der Waals surface area contributed by atoms with E-state index in [1.165, 1.54) is 0 Å². The summed E-state index contributed by atoms with van der Waals surface area (Å²) in [7, 11) is 0. The molecular weight excluding hydrogens is 164 g/mol. The van der Waals surface area contributed by atoms with Gasteiger partial charge in [0.25, 0.3) is 0 Å². The molecule has 0 aliphatic heterocycles. The van der Waals surface area contributed by atoms with Gasteiger partial charge in [-0.3, -0.25) is 0 Å². The lowest BCUT2D eigenvalue weighted by Gasteiger charge is -2.04. The lowest BCUT2D eigenvalue weighted by molar-refractivity contribution is 0.0221. The van der Waals surface area contributed by atoms with Crippen LogP contribution in [0.25, 0.3) is 0 Å². The van der Waals surface area contributed by atoms with E-state index < -0.39 is 6.16 Å². The molecule has 12 heavy (non-hydrogen) atoms. The van der Waals surface area contributed by atoms with Crippen LogP contribution in [0.15, 0.2) is 0 Å². The Labute approximate surface area is 71.2 Å². The van der Waals surface area contributed by atoms with Crippen LogP contribution in [0.1, 0.15) is 6.92 Å². The molecule has 0 unspecified atom stereocenters. The molecule has 0 aromatic heterocycles. The average molecular weight is 178 g/mol. The normalized spacial score (nSPS) is 9.50. The van der Waals surface area contributed by atoms with Crippen molar-refractivity contribution in [3.63, 3.8) is 0 Å². The molecule has 0 aliphatic rings. The van der Waals surface area contributed by atoms with E-state index in [1.807, 2.05) is 0 Å². The van der Waals surface area contributed by atoms with Gasteiger partial charge in [-0.2, -0.15) is 0 Å². The minimum Gasteiger partial charge on any atom is -0.435 e. The molecule has 0 aromatic rings. The topological polar surface area (TPSA) is 65.0 Å². The number of aliphatic hydroxyl groups is 1. The average Bonchev–Trinajstić information content (AvgIpc) is 2.05. The quantitative estimate of drug-likeness (QED) is 0.464. The fourth-order valence-electron chi connectivity index (χ4n) is 0.510. The second kappa shape index (κ2) is 8.29. The molecule has 0 radical (unpaired) electrons. The molecule has 0 fully saturated rings. The highest BCUT2D eigenvalue weighted by Gasteiger charge is 1.99. The summed E-state index contributed by atoms with van der Waals surface area (Å²) in [6, 6.07) is 0. The van der Waals surface area contributed by atoms with E-state index in [2.05, 4.69) is 9.47 Å². The van der Waals surface area contributed by atoms with E-state index in [0.29, 0.717) is 6.61 Å². The summed E-state index contributed by atoms with van der Waals surface area (Å²) in [6.45, 7) is 2.66. The molecule has 0 aromatic carbocycles. The fourth-order valence-corrected chi connectivity index (χ4v) is 0.510. The molecule has 5 heteroatoms. The Morgan fingerprint density at radius 1 is 1.25 bits per heavy atom. The molecule has 0 saturated carbocycles. The summed E-state index contributed by atoms with van der Waals surface area (Å²) >= 11 is 0. The highest BCUT2D eigenvalue weighted by atomic mass is 16.7. The van der Waals surface area contributed by atoms with Gasteiger partial charge in [0.2, 0.25) is 0 Å². The maximum Gasteiger partial charge on any atom is 0.508 e. The number of hydrogen-bond acceptors (Lipinski definition) is 5. The Morgan fingerprint density at radius 2 is 2.00 bits per heavy atom. The van der Waals surface area contributed by atoms with Crippen molar-refractivity contribution in [1.29, 1.82) is 0 Å². The summed E-state index contributed by atoms with van der Waals surface area (Å²) in [5, 5.41) is 8.30. The summed E-state index contributed by atoms with van der Waals surface area (Å²) in [5.41, 5.74) is 0. The molecule has 1 N–H and O–H groups in total. The third kappa shape index (κ3) is 7.30. The van der Waals surface area contributed by atoms with Crippen LogP contribution in [0, 0.1) is 0 Å². The van der Waals surface area contributed by atoms with Gasteiger partial charge >= 0.3 is 6.16 Å². The van der Waals surface area contributed by atoms with Gasteiger partial charge in [-0.05, 0) is 6.92 Å². The summed E-state index contributed by atoms with van der Waals surface area (Å²) in [6.07, 6.45) is -0.690. The minimum atomic E-state index is -0.690. The van der Waals surface area contributed by atoms with Crippen molar-refractivity contribution in [1.82, 2.24) is 0 Å². The van der Waals surface area contributed by atoms with Crippen molar-refractivity contribution >= 4 is 6.16 Å². The molecule has 0 bridgehead atoms. The summed E-state index contributed by atoms with van der Waals surface area (Å²) in [4.78, 5) is 10.5. The molecule has 0 saturated heterocycles. The van der Waals surface area contributed by atoms with E-state index in [9.17, 15) is 4.79 Å². The van der Waals surface area contributed by atoms with Crippen LogP contribution in [0.3, 0.4) is 0 Å². The zero-order chi connectivity index (χ0) is 9.23. The summed E-state index contributed by atoms with van der Waals surface area (Å²) in [5.74, 6) is 0. The molecule has 0 rings (SSSR count). The fraction of sp³-hybridized carbons (Fsp3) is 0.857. The van der Waals surface area contributed by atoms with Crippen molar-refractivity contribution < 1.29 is 24.1 Å². The van der Waals surface area contributed by atoms with Crippen LogP contribution in [-0.2, 0) is 14.2 Å². The highest BCUT2D eigenvalue weighted by molar-refractivity contribution is 5.59. The Bertz CT molecular complexity index is 114. The molecule has 0 atom stereocenters. The van der Waals surface area contributed by atoms with Crippen LogP contribution >= 0.6 is 0 Å². The molecule has 0 spiro atoms. The van der Waals surface area contributed by atoms with Gasteiger partial charge in [-0.25, -0.2) is 4.79 Å². The van der Waals surface area contributed by atoms with Crippen LogP contribution in [-0.4, -0.2) is 44.3 Å². The highest BCUT2D eigenvalue weighted by Crippen LogP contribution is 1.84. The van der Waals surface area contributed by atoms with E-state index >= 15 is 0 Å². The maximum atomic E-state index is 10.5. The predicted octanol–water partition coefficient (Wildman–Crippen LogP) is 0.168. The predicted molar refractivity (Wildman–Crippen MR) is 40.9 cm³/mol. The first-order chi connectivity index (χ1) is 5.81. The van der Waals surface area contributed by atoms with Crippen molar-refractivity contribution in [2.75, 3.05) is 33.0 Å². The van der Waals surface area contributed by atoms with Crippen molar-refractivity contribution in [2.24, 2.45) is 0 Å².